The van der Waals surface area contributed by atoms with Crippen molar-refractivity contribution in [1.82, 2.24) is 0 Å². The third-order valence-electron chi connectivity index (χ3n) is 5.03. The van der Waals surface area contributed by atoms with Crippen molar-refractivity contribution in [3.05, 3.63) is 87.0 Å². The number of para-hydroxylation sites is 1. The minimum Gasteiger partial charge on any atom is -0.452 e. The van der Waals surface area contributed by atoms with Gasteiger partial charge in [-0.25, -0.2) is 4.79 Å². The number of ether oxygens (including phenoxy) is 2. The number of hydrogen-bond donors (Lipinski definition) is 0. The van der Waals surface area contributed by atoms with Gasteiger partial charge in [0.05, 0.1) is 5.56 Å². The zero-order chi connectivity index (χ0) is 20.8. The quantitative estimate of drug-likeness (QED) is 0.235. The highest BCUT2D eigenvalue weighted by molar-refractivity contribution is 7.11. The van der Waals surface area contributed by atoms with Gasteiger partial charge < -0.3 is 13.9 Å². The van der Waals surface area contributed by atoms with Crippen LogP contribution in [-0.4, -0.2) is 11.8 Å². The molecule has 1 aliphatic heterocycles. The molecular formula is C24H16O5S. The summed E-state index contributed by atoms with van der Waals surface area (Å²) in [4.78, 5) is 26.3. The molecule has 30 heavy (non-hydrogen) atoms. The Balaban J connectivity index is 1.43. The summed E-state index contributed by atoms with van der Waals surface area (Å²) < 4.78 is 17.0. The minimum absolute atomic E-state index is 0.113. The maximum atomic E-state index is 12.7. The summed E-state index contributed by atoms with van der Waals surface area (Å²) in [6.07, 6.45) is 1.75. The second-order valence-corrected chi connectivity index (χ2v) is 7.96. The van der Waals surface area contributed by atoms with Gasteiger partial charge in [0.2, 0.25) is 11.5 Å². The molecule has 0 fully saturated rings. The van der Waals surface area contributed by atoms with Crippen LogP contribution in [0.2, 0.25) is 0 Å². The number of fused-ring (bicyclic) bond motifs is 2. The van der Waals surface area contributed by atoms with E-state index in [4.69, 9.17) is 13.9 Å². The monoisotopic (exact) mass is 416 g/mol. The van der Waals surface area contributed by atoms with E-state index in [2.05, 4.69) is 0 Å². The van der Waals surface area contributed by atoms with Gasteiger partial charge >= 0.3 is 5.97 Å². The Bertz CT molecular complexity index is 1320. The third kappa shape index (κ3) is 3.02. The van der Waals surface area contributed by atoms with E-state index in [0.717, 1.165) is 15.8 Å². The molecule has 2 aromatic heterocycles. The summed E-state index contributed by atoms with van der Waals surface area (Å²) in [6.45, 7) is 3.74. The Morgan fingerprint density at radius 2 is 1.93 bits per heavy atom. The molecule has 0 bridgehead atoms. The number of allylic oxidation sites excluding steroid dienone is 1. The molecule has 0 unspecified atom stereocenters. The average Bonchev–Trinajstić information content (AvgIpc) is 3.43. The topological polar surface area (TPSA) is 65.7 Å². The zero-order valence-electron chi connectivity index (χ0n) is 16.2. The van der Waals surface area contributed by atoms with Crippen LogP contribution in [0.15, 0.2) is 64.1 Å². The number of aryl methyl sites for hydroxylation is 1. The van der Waals surface area contributed by atoms with E-state index >= 15 is 0 Å². The van der Waals surface area contributed by atoms with Gasteiger partial charge in [-0.2, -0.15) is 0 Å². The first-order chi connectivity index (χ1) is 14.5. The first-order valence-electron chi connectivity index (χ1n) is 9.34. The molecule has 2 aromatic carbocycles. The molecule has 6 heteroatoms. The van der Waals surface area contributed by atoms with Crippen molar-refractivity contribution < 1.29 is 23.5 Å². The Kier molecular flexibility index (Phi) is 4.29. The standard InChI is InChI=1S/C24H16O5S/c1-13-9-10-30-21(13)12-19-22(25)16-7-8-17(14(2)23(16)28-19)29-24(26)20-11-15-5-3-4-6-18(15)27-20/h3-12H,1-2H3/b19-12-. The fraction of sp³-hybridized carbons (Fsp3) is 0.0833. The van der Waals surface area contributed by atoms with E-state index in [-0.39, 0.29) is 17.3 Å². The number of esters is 1. The molecule has 0 atom stereocenters. The number of ketones is 1. The zero-order valence-corrected chi connectivity index (χ0v) is 17.0. The third-order valence-corrected chi connectivity index (χ3v) is 6.00. The molecular weight excluding hydrogens is 400 g/mol. The minimum atomic E-state index is -0.608. The van der Waals surface area contributed by atoms with Crippen LogP contribution in [0.1, 0.15) is 36.9 Å². The molecule has 0 amide bonds. The maximum Gasteiger partial charge on any atom is 0.379 e. The fourth-order valence-corrected chi connectivity index (χ4v) is 4.21. The fourth-order valence-electron chi connectivity index (χ4n) is 3.36. The number of rotatable bonds is 3. The number of carbonyl (C=O) groups excluding carboxylic acids is 2. The number of benzene rings is 2. The first-order valence-corrected chi connectivity index (χ1v) is 10.2. The van der Waals surface area contributed by atoms with E-state index < -0.39 is 5.97 Å². The molecule has 0 N–H and O–H groups in total. The Hall–Kier alpha value is -3.64. The van der Waals surface area contributed by atoms with Crippen LogP contribution in [0.4, 0.5) is 0 Å². The van der Waals surface area contributed by atoms with Crippen LogP contribution in [0.3, 0.4) is 0 Å². The molecule has 1 aliphatic rings. The Labute approximate surface area is 176 Å². The molecule has 5 rings (SSSR count). The number of carbonyl (C=O) groups is 2. The Morgan fingerprint density at radius 3 is 2.70 bits per heavy atom. The Morgan fingerprint density at radius 1 is 1.10 bits per heavy atom. The van der Waals surface area contributed by atoms with Gasteiger partial charge in [-0.15, -0.1) is 11.3 Å². The lowest BCUT2D eigenvalue weighted by molar-refractivity contribution is 0.0702. The van der Waals surface area contributed by atoms with Crippen LogP contribution >= 0.6 is 11.3 Å². The van der Waals surface area contributed by atoms with Gasteiger partial charge in [-0.3, -0.25) is 4.79 Å². The van der Waals surface area contributed by atoms with E-state index in [0.29, 0.717) is 28.2 Å². The molecule has 148 valence electrons. The smallest absolute Gasteiger partial charge is 0.379 e. The number of thiophene rings is 1. The molecule has 3 heterocycles. The lowest BCUT2D eigenvalue weighted by Crippen LogP contribution is -2.08. The number of hydrogen-bond acceptors (Lipinski definition) is 6. The van der Waals surface area contributed by atoms with Crippen molar-refractivity contribution >= 4 is 40.1 Å². The van der Waals surface area contributed by atoms with Gasteiger partial charge in [0.25, 0.3) is 0 Å². The van der Waals surface area contributed by atoms with Gasteiger partial charge in [0.15, 0.2) is 5.76 Å². The summed E-state index contributed by atoms with van der Waals surface area (Å²) in [7, 11) is 0. The summed E-state index contributed by atoms with van der Waals surface area (Å²) in [5, 5.41) is 2.79. The van der Waals surface area contributed by atoms with Crippen molar-refractivity contribution in [2.24, 2.45) is 0 Å². The predicted octanol–water partition coefficient (Wildman–Crippen LogP) is 5.95. The van der Waals surface area contributed by atoms with Crippen molar-refractivity contribution in [3.63, 3.8) is 0 Å². The highest BCUT2D eigenvalue weighted by Gasteiger charge is 2.31. The van der Waals surface area contributed by atoms with E-state index in [1.807, 2.05) is 36.6 Å². The van der Waals surface area contributed by atoms with Gasteiger partial charge in [-0.05, 0) is 55.1 Å². The highest BCUT2D eigenvalue weighted by Crippen LogP contribution is 2.40. The van der Waals surface area contributed by atoms with Crippen molar-refractivity contribution in [3.8, 4) is 11.5 Å². The van der Waals surface area contributed by atoms with Crippen molar-refractivity contribution in [2.75, 3.05) is 0 Å². The van der Waals surface area contributed by atoms with Gasteiger partial charge in [0, 0.05) is 21.9 Å². The SMILES string of the molecule is Cc1ccsc1/C=C1\Oc2c(ccc(OC(=O)c3cc4ccccc4o3)c2C)C1=O. The van der Waals surface area contributed by atoms with E-state index in [1.54, 1.807) is 48.6 Å². The van der Waals surface area contributed by atoms with Crippen LogP contribution in [-0.2, 0) is 0 Å². The normalized spacial score (nSPS) is 14.2. The highest BCUT2D eigenvalue weighted by atomic mass is 32.1. The predicted molar refractivity (Wildman–Crippen MR) is 114 cm³/mol. The summed E-state index contributed by atoms with van der Waals surface area (Å²) in [5.41, 5.74) is 2.73. The second-order valence-electron chi connectivity index (χ2n) is 7.01. The molecule has 4 aromatic rings. The summed E-state index contributed by atoms with van der Waals surface area (Å²) in [5.74, 6) is 0.316. The molecule has 0 spiro atoms. The lowest BCUT2D eigenvalue weighted by atomic mass is 10.1. The van der Waals surface area contributed by atoms with Crippen LogP contribution in [0, 0.1) is 13.8 Å². The molecule has 0 saturated heterocycles. The first kappa shape index (κ1) is 18.4. The summed E-state index contributed by atoms with van der Waals surface area (Å²) >= 11 is 1.54. The van der Waals surface area contributed by atoms with Crippen molar-refractivity contribution in [1.29, 1.82) is 0 Å². The number of Topliss-reactive ketones (excluding diaryl/α,β-unsaturated/α-hetero) is 1. The van der Waals surface area contributed by atoms with Crippen LogP contribution < -0.4 is 9.47 Å². The lowest BCUT2D eigenvalue weighted by Gasteiger charge is -2.09. The second kappa shape index (κ2) is 7.00. The van der Waals surface area contributed by atoms with Crippen molar-refractivity contribution in [2.45, 2.75) is 13.8 Å². The average molecular weight is 416 g/mol. The summed E-state index contributed by atoms with van der Waals surface area (Å²) in [6, 6.07) is 14.2. The molecule has 0 aliphatic carbocycles. The maximum absolute atomic E-state index is 12.7. The van der Waals surface area contributed by atoms with Crippen LogP contribution in [0.5, 0.6) is 11.5 Å². The van der Waals surface area contributed by atoms with Gasteiger partial charge in [-0.1, -0.05) is 18.2 Å². The van der Waals surface area contributed by atoms with E-state index in [9.17, 15) is 9.59 Å². The van der Waals surface area contributed by atoms with Gasteiger partial charge in [0.1, 0.15) is 17.1 Å². The van der Waals surface area contributed by atoms with Crippen LogP contribution in [0.25, 0.3) is 17.0 Å². The largest absolute Gasteiger partial charge is 0.452 e. The van der Waals surface area contributed by atoms with E-state index in [1.165, 1.54) is 0 Å². The molecule has 5 nitrogen and oxygen atoms in total. The molecule has 0 radical (unpaired) electrons. The number of furan rings is 1. The molecule has 0 saturated carbocycles.